The molecule has 3 heteroatoms. The second-order valence-corrected chi connectivity index (χ2v) is 8.34. The van der Waals surface area contributed by atoms with Gasteiger partial charge >= 0.3 is 0 Å². The molecule has 0 radical (unpaired) electrons. The molecule has 0 aromatic rings. The standard InChI is InChI=1S/C21H38O3/c1-4-5-6-7-8-9-10-11-12-15-21(3)18-13-14-20(23-24-21)17(2)19(22)16-18/h17-18,20H,4-16H2,1-3H3. The summed E-state index contributed by atoms with van der Waals surface area (Å²) in [6.45, 7) is 6.42. The van der Waals surface area contributed by atoms with Gasteiger partial charge in [0.2, 0.25) is 0 Å². The van der Waals surface area contributed by atoms with E-state index in [1.165, 1.54) is 57.8 Å². The first-order valence-electron chi connectivity index (χ1n) is 10.4. The molecule has 1 saturated carbocycles. The molecule has 3 nitrogen and oxygen atoms in total. The maximum absolute atomic E-state index is 12.3. The Morgan fingerprint density at radius 2 is 1.62 bits per heavy atom. The molecule has 4 atom stereocenters. The van der Waals surface area contributed by atoms with Gasteiger partial charge in [-0.25, -0.2) is 9.78 Å². The summed E-state index contributed by atoms with van der Waals surface area (Å²) in [5, 5.41) is 0. The monoisotopic (exact) mass is 338 g/mol. The molecule has 1 saturated heterocycles. The Hall–Kier alpha value is -0.410. The molecule has 140 valence electrons. The molecule has 1 aliphatic heterocycles. The van der Waals surface area contributed by atoms with E-state index in [9.17, 15) is 4.79 Å². The summed E-state index contributed by atoms with van der Waals surface area (Å²) in [6, 6.07) is 0. The Balaban J connectivity index is 1.67. The number of fused-ring (bicyclic) bond motifs is 3. The van der Waals surface area contributed by atoms with E-state index in [1.807, 2.05) is 6.92 Å². The first kappa shape index (κ1) is 19.9. The van der Waals surface area contributed by atoms with Crippen molar-refractivity contribution in [2.45, 2.75) is 116 Å². The minimum atomic E-state index is -0.272. The van der Waals surface area contributed by atoms with Crippen LogP contribution in [0.15, 0.2) is 0 Å². The van der Waals surface area contributed by atoms with Crippen LogP contribution in [0.25, 0.3) is 0 Å². The van der Waals surface area contributed by atoms with E-state index in [0.29, 0.717) is 18.1 Å². The summed E-state index contributed by atoms with van der Waals surface area (Å²) in [4.78, 5) is 23.9. The van der Waals surface area contributed by atoms with E-state index in [2.05, 4.69) is 13.8 Å². The highest BCUT2D eigenvalue weighted by Crippen LogP contribution is 2.42. The van der Waals surface area contributed by atoms with Crippen LogP contribution >= 0.6 is 0 Å². The minimum absolute atomic E-state index is 0.00717. The van der Waals surface area contributed by atoms with E-state index in [1.54, 1.807) is 0 Å². The third kappa shape index (κ3) is 5.56. The number of hydrogen-bond acceptors (Lipinski definition) is 3. The second-order valence-electron chi connectivity index (χ2n) is 8.34. The van der Waals surface area contributed by atoms with Crippen molar-refractivity contribution in [2.24, 2.45) is 11.8 Å². The maximum atomic E-state index is 12.3. The van der Waals surface area contributed by atoms with Gasteiger partial charge in [0, 0.05) is 12.3 Å². The minimum Gasteiger partial charge on any atom is -0.299 e. The molecule has 0 N–H and O–H groups in total. The molecule has 0 amide bonds. The zero-order valence-corrected chi connectivity index (χ0v) is 16.1. The number of unbranched alkanes of at least 4 members (excludes halogenated alkanes) is 8. The maximum Gasteiger partial charge on any atom is 0.138 e. The molecule has 0 spiro atoms. The van der Waals surface area contributed by atoms with Gasteiger partial charge in [-0.15, -0.1) is 0 Å². The Kier molecular flexibility index (Phi) is 8.22. The van der Waals surface area contributed by atoms with Crippen LogP contribution < -0.4 is 0 Å². The lowest BCUT2D eigenvalue weighted by atomic mass is 9.79. The van der Waals surface area contributed by atoms with Gasteiger partial charge in [0.1, 0.15) is 17.5 Å². The number of ketones is 1. The summed E-state index contributed by atoms with van der Waals surface area (Å²) in [7, 11) is 0. The first-order valence-corrected chi connectivity index (χ1v) is 10.4. The predicted molar refractivity (Wildman–Crippen MR) is 97.7 cm³/mol. The van der Waals surface area contributed by atoms with Gasteiger partial charge in [-0.1, -0.05) is 71.6 Å². The van der Waals surface area contributed by atoms with Gasteiger partial charge < -0.3 is 0 Å². The fraction of sp³-hybridized carbons (Fsp3) is 0.952. The van der Waals surface area contributed by atoms with E-state index >= 15 is 0 Å². The van der Waals surface area contributed by atoms with Crippen LogP contribution in [0, 0.1) is 11.8 Å². The Bertz CT molecular complexity index is 381. The van der Waals surface area contributed by atoms with Crippen molar-refractivity contribution in [3.8, 4) is 0 Å². The number of Topliss-reactive ketones (excluding diaryl/α,β-unsaturated/α-hetero) is 1. The fourth-order valence-corrected chi connectivity index (χ4v) is 4.28. The summed E-state index contributed by atoms with van der Waals surface area (Å²) < 4.78 is 0. The zero-order chi connectivity index (χ0) is 17.4. The molecule has 2 bridgehead atoms. The van der Waals surface area contributed by atoms with Crippen LogP contribution in [-0.2, 0) is 14.6 Å². The van der Waals surface area contributed by atoms with Gasteiger partial charge in [-0.05, 0) is 32.1 Å². The van der Waals surface area contributed by atoms with Gasteiger partial charge in [0.05, 0.1) is 0 Å². The smallest absolute Gasteiger partial charge is 0.138 e. The lowest BCUT2D eigenvalue weighted by Crippen LogP contribution is -2.41. The molecule has 1 heterocycles. The first-order chi connectivity index (χ1) is 11.6. The average molecular weight is 339 g/mol. The van der Waals surface area contributed by atoms with Crippen molar-refractivity contribution >= 4 is 5.78 Å². The third-order valence-corrected chi connectivity index (χ3v) is 6.32. The number of rotatable bonds is 10. The lowest BCUT2D eigenvalue weighted by Gasteiger charge is -2.36. The van der Waals surface area contributed by atoms with Gasteiger partial charge in [0.25, 0.3) is 0 Å². The third-order valence-electron chi connectivity index (χ3n) is 6.32. The summed E-state index contributed by atoms with van der Waals surface area (Å²) in [5.74, 6) is 0.686. The SMILES string of the molecule is CCCCCCCCCCCC1(C)OOC2CCC1CC(=O)C2C. The topological polar surface area (TPSA) is 35.5 Å². The number of carbonyl (C=O) groups is 1. The average Bonchev–Trinajstić information content (AvgIpc) is 2.81. The van der Waals surface area contributed by atoms with Crippen molar-refractivity contribution in [1.29, 1.82) is 0 Å². The molecule has 24 heavy (non-hydrogen) atoms. The van der Waals surface area contributed by atoms with Crippen LogP contribution in [0.5, 0.6) is 0 Å². The van der Waals surface area contributed by atoms with Gasteiger partial charge in [0.15, 0.2) is 0 Å². The van der Waals surface area contributed by atoms with Crippen LogP contribution in [0.4, 0.5) is 0 Å². The van der Waals surface area contributed by atoms with E-state index < -0.39 is 0 Å². The normalized spacial score (nSPS) is 33.5. The lowest BCUT2D eigenvalue weighted by molar-refractivity contribution is -0.390. The number of hydrogen-bond donors (Lipinski definition) is 0. The van der Waals surface area contributed by atoms with Gasteiger partial charge in [-0.3, -0.25) is 4.79 Å². The largest absolute Gasteiger partial charge is 0.299 e. The highest BCUT2D eigenvalue weighted by atomic mass is 17.2. The van der Waals surface area contributed by atoms with Crippen LogP contribution in [0.2, 0.25) is 0 Å². The molecule has 2 aliphatic rings. The fourth-order valence-electron chi connectivity index (χ4n) is 4.28. The molecule has 2 fully saturated rings. The molecular weight excluding hydrogens is 300 g/mol. The Labute approximate surface area is 148 Å². The molecule has 2 rings (SSSR count). The highest BCUT2D eigenvalue weighted by molar-refractivity contribution is 5.82. The predicted octanol–water partition coefficient (Wildman–Crippen LogP) is 6.00. The Morgan fingerprint density at radius 3 is 2.29 bits per heavy atom. The van der Waals surface area contributed by atoms with Crippen molar-refractivity contribution in [1.82, 2.24) is 0 Å². The molecule has 0 aromatic carbocycles. The van der Waals surface area contributed by atoms with E-state index in [4.69, 9.17) is 9.78 Å². The molecular formula is C21H38O3. The van der Waals surface area contributed by atoms with Crippen molar-refractivity contribution in [3.63, 3.8) is 0 Å². The summed E-state index contributed by atoms with van der Waals surface area (Å²) >= 11 is 0. The van der Waals surface area contributed by atoms with Crippen molar-refractivity contribution in [3.05, 3.63) is 0 Å². The van der Waals surface area contributed by atoms with E-state index in [0.717, 1.165) is 19.3 Å². The van der Waals surface area contributed by atoms with Crippen LogP contribution in [-0.4, -0.2) is 17.5 Å². The Morgan fingerprint density at radius 1 is 1.00 bits per heavy atom. The quantitative estimate of drug-likeness (QED) is 0.362. The van der Waals surface area contributed by atoms with E-state index in [-0.39, 0.29) is 17.6 Å². The number of carbonyl (C=O) groups excluding carboxylic acids is 1. The van der Waals surface area contributed by atoms with Crippen LogP contribution in [0.1, 0.15) is 104 Å². The van der Waals surface area contributed by atoms with Gasteiger partial charge in [-0.2, -0.15) is 0 Å². The summed E-state index contributed by atoms with van der Waals surface area (Å²) in [6.07, 6.45) is 15.7. The van der Waals surface area contributed by atoms with Crippen LogP contribution in [0.3, 0.4) is 0 Å². The second kappa shape index (κ2) is 9.91. The molecule has 1 aliphatic carbocycles. The highest BCUT2D eigenvalue weighted by Gasteiger charge is 2.45. The zero-order valence-electron chi connectivity index (χ0n) is 16.1. The molecule has 0 aromatic heterocycles. The summed E-state index contributed by atoms with van der Waals surface area (Å²) in [5.41, 5.74) is -0.272. The molecule has 4 unspecified atom stereocenters. The van der Waals surface area contributed by atoms with Crippen molar-refractivity contribution in [2.75, 3.05) is 0 Å². The van der Waals surface area contributed by atoms with Crippen molar-refractivity contribution < 1.29 is 14.6 Å².